The predicted molar refractivity (Wildman–Crippen MR) is 126 cm³/mol. The third-order valence-electron chi connectivity index (χ3n) is 6.82. The molecule has 2 aromatic rings. The first-order chi connectivity index (χ1) is 15.8. The van der Waals surface area contributed by atoms with Crippen LogP contribution in [0.25, 0.3) is 11.3 Å². The fraction of sp³-hybridized carbons (Fsp3) is 0.619. The Balaban J connectivity index is 1.51. The van der Waals surface area contributed by atoms with Crippen molar-refractivity contribution >= 4 is 27.7 Å². The average Bonchev–Trinajstić information content (AvgIpc) is 3.47. The lowest BCUT2D eigenvalue weighted by atomic mass is 10.1. The van der Waals surface area contributed by atoms with Crippen molar-refractivity contribution in [3.8, 4) is 11.3 Å². The highest BCUT2D eigenvalue weighted by Gasteiger charge is 2.41. The second kappa shape index (κ2) is 8.65. The minimum Gasteiger partial charge on any atom is -0.378 e. The number of nitrogen functional groups attached to an aromatic ring is 1. The Bertz CT molecular complexity index is 1120. The molecule has 2 aliphatic heterocycles. The zero-order chi connectivity index (χ0) is 23.2. The summed E-state index contributed by atoms with van der Waals surface area (Å²) in [4.78, 5) is 22.6. The zero-order valence-corrected chi connectivity index (χ0v) is 19.8. The zero-order valence-electron chi connectivity index (χ0n) is 19.0. The molecule has 2 fully saturated rings. The lowest BCUT2D eigenvalue weighted by molar-refractivity contribution is 0.122. The molecule has 0 spiro atoms. The molecular formula is C21H30N8O3S. The Morgan fingerprint density at radius 3 is 2.52 bits per heavy atom. The summed E-state index contributed by atoms with van der Waals surface area (Å²) in [5.74, 6) is 1.77. The van der Waals surface area contributed by atoms with Gasteiger partial charge in [0.15, 0.2) is 0 Å². The van der Waals surface area contributed by atoms with Crippen molar-refractivity contribution in [2.75, 3.05) is 62.5 Å². The first-order valence-electron chi connectivity index (χ1n) is 11.3. The van der Waals surface area contributed by atoms with E-state index in [4.69, 9.17) is 20.4 Å². The Labute approximate surface area is 194 Å². The van der Waals surface area contributed by atoms with Gasteiger partial charge in [-0.1, -0.05) is 0 Å². The van der Waals surface area contributed by atoms with Gasteiger partial charge in [-0.15, -0.1) is 0 Å². The molecule has 4 heterocycles. The summed E-state index contributed by atoms with van der Waals surface area (Å²) in [6, 6.07) is 0.133. The molecule has 1 aliphatic carbocycles. The smallest absolute Gasteiger partial charge is 0.228 e. The van der Waals surface area contributed by atoms with Gasteiger partial charge in [-0.3, -0.25) is 0 Å². The largest absolute Gasteiger partial charge is 0.378 e. The monoisotopic (exact) mass is 474 g/mol. The molecule has 1 saturated carbocycles. The van der Waals surface area contributed by atoms with Gasteiger partial charge in [-0.25, -0.2) is 27.7 Å². The molecule has 0 radical (unpaired) electrons. The fourth-order valence-corrected chi connectivity index (χ4v) is 6.49. The van der Waals surface area contributed by atoms with Gasteiger partial charge in [0.05, 0.1) is 24.2 Å². The van der Waals surface area contributed by atoms with Crippen LogP contribution in [0.1, 0.15) is 24.8 Å². The van der Waals surface area contributed by atoms with Crippen molar-refractivity contribution in [3.05, 3.63) is 18.0 Å². The molecule has 2 aromatic heterocycles. The van der Waals surface area contributed by atoms with E-state index in [1.807, 2.05) is 0 Å². The maximum absolute atomic E-state index is 12.7. The van der Waals surface area contributed by atoms with Crippen LogP contribution in [0.4, 0.5) is 17.7 Å². The number of hydrogen-bond acceptors (Lipinski definition) is 10. The highest BCUT2D eigenvalue weighted by molar-refractivity contribution is 7.89. The summed E-state index contributed by atoms with van der Waals surface area (Å²) >= 11 is 0. The third-order valence-corrected chi connectivity index (χ3v) is 9.10. The molecule has 0 bridgehead atoms. The van der Waals surface area contributed by atoms with Gasteiger partial charge < -0.3 is 20.3 Å². The summed E-state index contributed by atoms with van der Waals surface area (Å²) in [7, 11) is -0.0581. The SMILES string of the molecule is CN(C)S(=O)(=O)C1CCC(N2CCc3c(-c4cnc(N)nc4)nc(N4CCOCC4)nc32)C1. The molecule has 11 nitrogen and oxygen atoms in total. The number of rotatable bonds is 5. The molecule has 12 heteroatoms. The van der Waals surface area contributed by atoms with Crippen molar-refractivity contribution in [1.82, 2.24) is 24.2 Å². The van der Waals surface area contributed by atoms with E-state index in [2.05, 4.69) is 19.8 Å². The summed E-state index contributed by atoms with van der Waals surface area (Å²) < 4.78 is 32.3. The fourth-order valence-electron chi connectivity index (χ4n) is 5.00. The lowest BCUT2D eigenvalue weighted by Crippen LogP contribution is -2.38. The summed E-state index contributed by atoms with van der Waals surface area (Å²) in [5, 5.41) is -0.355. The molecule has 0 aromatic carbocycles. The third kappa shape index (κ3) is 4.11. The van der Waals surface area contributed by atoms with Gasteiger partial charge in [0.25, 0.3) is 0 Å². The van der Waals surface area contributed by atoms with E-state index in [-0.39, 0.29) is 17.2 Å². The van der Waals surface area contributed by atoms with Crippen LogP contribution < -0.4 is 15.5 Å². The summed E-state index contributed by atoms with van der Waals surface area (Å²) in [5.41, 5.74) is 8.38. The van der Waals surface area contributed by atoms with Gasteiger partial charge in [0.1, 0.15) is 5.82 Å². The van der Waals surface area contributed by atoms with Gasteiger partial charge in [0.2, 0.25) is 21.9 Å². The minimum atomic E-state index is -3.27. The number of sulfonamides is 1. The lowest BCUT2D eigenvalue weighted by Gasteiger charge is -2.30. The van der Waals surface area contributed by atoms with E-state index < -0.39 is 10.0 Å². The van der Waals surface area contributed by atoms with Crippen molar-refractivity contribution in [2.24, 2.45) is 0 Å². The van der Waals surface area contributed by atoms with Crippen LogP contribution in [0.5, 0.6) is 0 Å². The normalized spacial score (nSPS) is 23.4. The van der Waals surface area contributed by atoms with E-state index in [0.717, 1.165) is 55.1 Å². The highest BCUT2D eigenvalue weighted by Crippen LogP contribution is 2.40. The molecule has 5 rings (SSSR count). The highest BCUT2D eigenvalue weighted by atomic mass is 32.2. The van der Waals surface area contributed by atoms with E-state index in [0.29, 0.717) is 32.0 Å². The maximum atomic E-state index is 12.7. The van der Waals surface area contributed by atoms with Gasteiger partial charge >= 0.3 is 0 Å². The van der Waals surface area contributed by atoms with Crippen LogP contribution in [0.3, 0.4) is 0 Å². The summed E-state index contributed by atoms with van der Waals surface area (Å²) in [6.07, 6.45) is 6.29. The van der Waals surface area contributed by atoms with Crippen LogP contribution in [0.15, 0.2) is 12.4 Å². The second-order valence-corrected chi connectivity index (χ2v) is 11.4. The minimum absolute atomic E-state index is 0.133. The maximum Gasteiger partial charge on any atom is 0.228 e. The first kappa shape index (κ1) is 22.2. The molecule has 0 amide bonds. The average molecular weight is 475 g/mol. The van der Waals surface area contributed by atoms with Crippen LogP contribution >= 0.6 is 0 Å². The summed E-state index contributed by atoms with van der Waals surface area (Å²) in [6.45, 7) is 3.51. The number of ether oxygens (including phenoxy) is 1. The second-order valence-electron chi connectivity index (χ2n) is 8.96. The first-order valence-corrected chi connectivity index (χ1v) is 12.8. The van der Waals surface area contributed by atoms with E-state index in [1.54, 1.807) is 26.5 Å². The number of nitrogens with two attached hydrogens (primary N) is 1. The predicted octanol–water partition coefficient (Wildman–Crippen LogP) is 0.527. The van der Waals surface area contributed by atoms with E-state index in [1.165, 1.54) is 4.31 Å². The Hall–Kier alpha value is -2.57. The molecule has 33 heavy (non-hydrogen) atoms. The van der Waals surface area contributed by atoms with Gasteiger partial charge in [-0.05, 0) is 25.7 Å². The van der Waals surface area contributed by atoms with Crippen LogP contribution in [-0.2, 0) is 21.2 Å². The number of hydrogen-bond donors (Lipinski definition) is 1. The van der Waals surface area contributed by atoms with Crippen molar-refractivity contribution in [2.45, 2.75) is 37.0 Å². The van der Waals surface area contributed by atoms with Crippen molar-refractivity contribution in [3.63, 3.8) is 0 Å². The van der Waals surface area contributed by atoms with Crippen LogP contribution in [-0.4, -0.2) is 90.9 Å². The quantitative estimate of drug-likeness (QED) is 0.654. The van der Waals surface area contributed by atoms with Crippen molar-refractivity contribution in [1.29, 1.82) is 0 Å². The number of anilines is 3. The van der Waals surface area contributed by atoms with Crippen molar-refractivity contribution < 1.29 is 13.2 Å². The van der Waals surface area contributed by atoms with E-state index in [9.17, 15) is 8.42 Å². The molecule has 2 N–H and O–H groups in total. The van der Waals surface area contributed by atoms with Crippen LogP contribution in [0.2, 0.25) is 0 Å². The number of fused-ring (bicyclic) bond motifs is 1. The van der Waals surface area contributed by atoms with E-state index >= 15 is 0 Å². The Morgan fingerprint density at radius 2 is 1.82 bits per heavy atom. The number of aromatic nitrogens is 4. The Morgan fingerprint density at radius 1 is 1.09 bits per heavy atom. The molecule has 1 saturated heterocycles. The van der Waals surface area contributed by atoms with Gasteiger partial charge in [0, 0.05) is 63.3 Å². The Kier molecular flexibility index (Phi) is 5.83. The van der Waals surface area contributed by atoms with Gasteiger partial charge in [-0.2, -0.15) is 4.98 Å². The topological polar surface area (TPSA) is 131 Å². The molecular weight excluding hydrogens is 444 g/mol. The van der Waals surface area contributed by atoms with Crippen LogP contribution in [0, 0.1) is 0 Å². The molecule has 178 valence electrons. The standard InChI is InChI=1S/C21H30N8O3S/c1-27(2)33(30,31)16-4-3-15(11-16)29-6-5-17-18(14-12-23-20(22)24-13-14)25-21(26-19(17)29)28-7-9-32-10-8-28/h12-13,15-16H,3-11H2,1-2H3,(H2,22,23,24). The molecule has 3 aliphatic rings. The molecule has 2 atom stereocenters. The molecule has 2 unspecified atom stereocenters. The number of nitrogens with zero attached hydrogens (tertiary/aromatic N) is 7. The number of morpholine rings is 1.